The number of amides is 4. The molecular formula is C19H26N4O3. The van der Waals surface area contributed by atoms with Crippen LogP contribution >= 0.6 is 0 Å². The lowest BCUT2D eigenvalue weighted by Gasteiger charge is -2.34. The van der Waals surface area contributed by atoms with Crippen molar-refractivity contribution in [1.82, 2.24) is 20.5 Å². The molecule has 7 heteroatoms. The van der Waals surface area contributed by atoms with Crippen molar-refractivity contribution in [2.45, 2.75) is 51.0 Å². The van der Waals surface area contributed by atoms with Crippen molar-refractivity contribution in [3.05, 3.63) is 30.1 Å². The number of carbonyl (C=O) groups excluding carboxylic acids is 3. The second kappa shape index (κ2) is 7.85. The summed E-state index contributed by atoms with van der Waals surface area (Å²) in [6.07, 6.45) is 8.40. The molecule has 3 rings (SSSR count). The van der Waals surface area contributed by atoms with Crippen LogP contribution in [-0.2, 0) is 16.0 Å². The Labute approximate surface area is 153 Å². The minimum Gasteiger partial charge on any atom is -0.354 e. The van der Waals surface area contributed by atoms with Gasteiger partial charge in [-0.15, -0.1) is 0 Å². The van der Waals surface area contributed by atoms with E-state index in [4.69, 9.17) is 0 Å². The third kappa shape index (κ3) is 3.86. The molecule has 2 aliphatic rings. The molecule has 1 saturated carbocycles. The summed E-state index contributed by atoms with van der Waals surface area (Å²) < 4.78 is 0. The Kier molecular flexibility index (Phi) is 5.54. The first kappa shape index (κ1) is 18.4. The first-order valence-corrected chi connectivity index (χ1v) is 9.34. The number of aromatic nitrogens is 1. The van der Waals surface area contributed by atoms with Gasteiger partial charge in [-0.25, -0.2) is 4.79 Å². The first-order valence-electron chi connectivity index (χ1n) is 9.34. The third-order valence-corrected chi connectivity index (χ3v) is 5.54. The summed E-state index contributed by atoms with van der Waals surface area (Å²) in [7, 11) is 0. The molecule has 0 radical (unpaired) electrons. The van der Waals surface area contributed by atoms with Crippen molar-refractivity contribution in [2.75, 3.05) is 13.1 Å². The highest BCUT2D eigenvalue weighted by Crippen LogP contribution is 2.37. The standard InChI is InChI=1S/C19H26N4O3/c1-2-14-5-8-19(9-6-14)17(25)23(18(26)22-19)13-16(24)21-11-7-15-4-3-10-20-12-15/h3-4,10,12,14H,2,5-9,11,13H2,1H3,(H,21,24)(H,22,26). The van der Waals surface area contributed by atoms with Gasteiger partial charge in [0.2, 0.25) is 5.91 Å². The van der Waals surface area contributed by atoms with Gasteiger partial charge in [0, 0.05) is 18.9 Å². The van der Waals surface area contributed by atoms with Crippen molar-refractivity contribution in [2.24, 2.45) is 5.92 Å². The van der Waals surface area contributed by atoms with E-state index in [-0.39, 0.29) is 18.4 Å². The fourth-order valence-corrected chi connectivity index (χ4v) is 3.83. The number of nitrogens with zero attached hydrogens (tertiary/aromatic N) is 2. The Balaban J connectivity index is 1.50. The van der Waals surface area contributed by atoms with E-state index in [1.807, 2.05) is 12.1 Å². The minimum absolute atomic E-state index is 0.226. The van der Waals surface area contributed by atoms with E-state index in [1.54, 1.807) is 12.4 Å². The fraction of sp³-hybridized carbons (Fsp3) is 0.579. The maximum Gasteiger partial charge on any atom is 0.325 e. The molecule has 140 valence electrons. The average Bonchev–Trinajstić information content (AvgIpc) is 2.87. The first-order chi connectivity index (χ1) is 12.5. The number of pyridine rings is 1. The maximum absolute atomic E-state index is 12.8. The molecule has 0 atom stereocenters. The van der Waals surface area contributed by atoms with Crippen LogP contribution in [0.3, 0.4) is 0 Å². The van der Waals surface area contributed by atoms with Crippen molar-refractivity contribution < 1.29 is 14.4 Å². The summed E-state index contributed by atoms with van der Waals surface area (Å²) in [5, 5.41) is 5.62. The van der Waals surface area contributed by atoms with Gasteiger partial charge in [-0.05, 0) is 49.7 Å². The Morgan fingerprint density at radius 1 is 1.38 bits per heavy atom. The van der Waals surface area contributed by atoms with Gasteiger partial charge in [-0.1, -0.05) is 19.4 Å². The van der Waals surface area contributed by atoms with E-state index in [1.165, 1.54) is 0 Å². The minimum atomic E-state index is -0.793. The van der Waals surface area contributed by atoms with Crippen LogP contribution in [0.2, 0.25) is 0 Å². The van der Waals surface area contributed by atoms with Crippen molar-refractivity contribution in [3.8, 4) is 0 Å². The molecule has 0 aromatic carbocycles. The molecule has 0 unspecified atom stereocenters. The van der Waals surface area contributed by atoms with Crippen LogP contribution in [0.4, 0.5) is 4.79 Å². The second-order valence-corrected chi connectivity index (χ2v) is 7.22. The molecular weight excluding hydrogens is 332 g/mol. The molecule has 26 heavy (non-hydrogen) atoms. The Morgan fingerprint density at radius 2 is 2.15 bits per heavy atom. The lowest BCUT2D eigenvalue weighted by Crippen LogP contribution is -2.50. The maximum atomic E-state index is 12.8. The molecule has 4 amide bonds. The smallest absolute Gasteiger partial charge is 0.325 e. The highest BCUT2D eigenvalue weighted by molar-refractivity contribution is 6.09. The predicted molar refractivity (Wildman–Crippen MR) is 96.2 cm³/mol. The molecule has 1 saturated heterocycles. The second-order valence-electron chi connectivity index (χ2n) is 7.22. The summed E-state index contributed by atoms with van der Waals surface area (Å²) in [4.78, 5) is 42.3. The van der Waals surface area contributed by atoms with Crippen LogP contribution in [0.5, 0.6) is 0 Å². The van der Waals surface area contributed by atoms with Gasteiger partial charge >= 0.3 is 6.03 Å². The van der Waals surface area contributed by atoms with E-state index < -0.39 is 11.6 Å². The monoisotopic (exact) mass is 358 g/mol. The number of carbonyl (C=O) groups is 3. The van der Waals surface area contributed by atoms with Crippen LogP contribution < -0.4 is 10.6 Å². The van der Waals surface area contributed by atoms with Gasteiger partial charge in [0.05, 0.1) is 0 Å². The molecule has 1 aromatic heterocycles. The SMILES string of the molecule is CCC1CCC2(CC1)NC(=O)N(CC(=O)NCCc1cccnc1)C2=O. The summed E-state index contributed by atoms with van der Waals surface area (Å²) in [5.74, 6) is 0.0475. The zero-order valence-electron chi connectivity index (χ0n) is 15.2. The molecule has 0 bridgehead atoms. The molecule has 1 aliphatic heterocycles. The van der Waals surface area contributed by atoms with E-state index in [0.29, 0.717) is 31.7 Å². The average molecular weight is 358 g/mol. The van der Waals surface area contributed by atoms with E-state index in [9.17, 15) is 14.4 Å². The van der Waals surface area contributed by atoms with Gasteiger partial charge in [0.1, 0.15) is 12.1 Å². The fourth-order valence-electron chi connectivity index (χ4n) is 3.83. The summed E-state index contributed by atoms with van der Waals surface area (Å²) in [6, 6.07) is 3.33. The number of hydrogen-bond acceptors (Lipinski definition) is 4. The molecule has 2 N–H and O–H groups in total. The number of imide groups is 1. The Morgan fingerprint density at radius 3 is 2.81 bits per heavy atom. The van der Waals surface area contributed by atoms with Crippen LogP contribution in [-0.4, -0.2) is 46.4 Å². The zero-order chi connectivity index (χ0) is 18.6. The molecule has 2 heterocycles. The molecule has 7 nitrogen and oxygen atoms in total. The van der Waals surface area contributed by atoms with E-state index >= 15 is 0 Å². The largest absolute Gasteiger partial charge is 0.354 e. The van der Waals surface area contributed by atoms with Crippen LogP contribution in [0.15, 0.2) is 24.5 Å². The number of urea groups is 1. The van der Waals surface area contributed by atoms with Crippen molar-refractivity contribution >= 4 is 17.8 Å². The zero-order valence-corrected chi connectivity index (χ0v) is 15.2. The summed E-state index contributed by atoms with van der Waals surface area (Å²) in [5.41, 5.74) is 0.230. The van der Waals surface area contributed by atoms with Crippen LogP contribution in [0, 0.1) is 5.92 Å². The van der Waals surface area contributed by atoms with Crippen LogP contribution in [0.25, 0.3) is 0 Å². The number of rotatable bonds is 6. The highest BCUT2D eigenvalue weighted by atomic mass is 16.2. The van der Waals surface area contributed by atoms with Gasteiger partial charge < -0.3 is 10.6 Å². The predicted octanol–water partition coefficient (Wildman–Crippen LogP) is 1.63. The van der Waals surface area contributed by atoms with E-state index in [0.717, 1.165) is 29.7 Å². The quantitative estimate of drug-likeness (QED) is 0.756. The summed E-state index contributed by atoms with van der Waals surface area (Å²) in [6.45, 7) is 2.37. The highest BCUT2D eigenvalue weighted by Gasteiger charge is 2.52. The molecule has 2 fully saturated rings. The lowest BCUT2D eigenvalue weighted by molar-refractivity contribution is -0.136. The normalized spacial score (nSPS) is 25.4. The topological polar surface area (TPSA) is 91.4 Å². The molecule has 1 spiro atoms. The summed E-state index contributed by atoms with van der Waals surface area (Å²) >= 11 is 0. The number of nitrogens with one attached hydrogen (secondary N) is 2. The lowest BCUT2D eigenvalue weighted by atomic mass is 9.75. The van der Waals surface area contributed by atoms with Gasteiger partial charge in [0.15, 0.2) is 0 Å². The van der Waals surface area contributed by atoms with Crippen molar-refractivity contribution in [3.63, 3.8) is 0 Å². The third-order valence-electron chi connectivity index (χ3n) is 5.54. The Bertz CT molecular complexity index is 669. The molecule has 1 aromatic rings. The van der Waals surface area contributed by atoms with Gasteiger partial charge in [-0.3, -0.25) is 19.5 Å². The Hall–Kier alpha value is -2.44. The van der Waals surface area contributed by atoms with E-state index in [2.05, 4.69) is 22.5 Å². The van der Waals surface area contributed by atoms with Gasteiger partial charge in [-0.2, -0.15) is 0 Å². The number of hydrogen-bond donors (Lipinski definition) is 2. The van der Waals surface area contributed by atoms with Gasteiger partial charge in [0.25, 0.3) is 5.91 Å². The molecule has 1 aliphatic carbocycles. The van der Waals surface area contributed by atoms with Crippen LogP contribution in [0.1, 0.15) is 44.6 Å². The van der Waals surface area contributed by atoms with Crippen molar-refractivity contribution in [1.29, 1.82) is 0 Å².